The lowest BCUT2D eigenvalue weighted by Crippen LogP contribution is -2.17. The Hall–Kier alpha value is -1.57. The summed E-state index contributed by atoms with van der Waals surface area (Å²) in [5, 5.41) is 7.60. The van der Waals surface area contributed by atoms with Gasteiger partial charge in [-0.1, -0.05) is 30.3 Å². The molecule has 1 aromatic carbocycles. The van der Waals surface area contributed by atoms with Crippen molar-refractivity contribution in [1.82, 2.24) is 4.90 Å². The first-order valence-electron chi connectivity index (χ1n) is 4.61. The molecule has 0 saturated heterocycles. The van der Waals surface area contributed by atoms with E-state index in [0.29, 0.717) is 5.84 Å². The molecule has 0 heterocycles. The van der Waals surface area contributed by atoms with Crippen molar-refractivity contribution in [1.29, 1.82) is 5.41 Å². The fourth-order valence-corrected chi connectivity index (χ4v) is 1.09. The van der Waals surface area contributed by atoms with Gasteiger partial charge >= 0.3 is 0 Å². The lowest BCUT2D eigenvalue weighted by atomic mass is 10.1. The van der Waals surface area contributed by atoms with E-state index in [-0.39, 0.29) is 0 Å². The molecule has 1 rings (SSSR count). The molecule has 0 atom stereocenters. The second-order valence-electron chi connectivity index (χ2n) is 3.47. The summed E-state index contributed by atoms with van der Waals surface area (Å²) in [4.78, 5) is 1.77. The molecule has 1 N–H and O–H groups in total. The molecule has 0 radical (unpaired) electrons. The van der Waals surface area contributed by atoms with E-state index in [9.17, 15) is 0 Å². The summed E-state index contributed by atoms with van der Waals surface area (Å²) in [6.07, 6.45) is 3.78. The van der Waals surface area contributed by atoms with E-state index in [1.807, 2.05) is 38.4 Å². The minimum absolute atomic E-state index is 0.508. The molecule has 0 saturated carbocycles. The summed E-state index contributed by atoms with van der Waals surface area (Å²) < 4.78 is 0. The van der Waals surface area contributed by atoms with Crippen LogP contribution in [0.15, 0.2) is 30.3 Å². The number of nitrogens with one attached hydrogen (secondary N) is 1. The highest BCUT2D eigenvalue weighted by atomic mass is 15.1. The van der Waals surface area contributed by atoms with Gasteiger partial charge in [0.05, 0.1) is 0 Å². The van der Waals surface area contributed by atoms with E-state index in [1.165, 1.54) is 11.1 Å². The monoisotopic (exact) mass is 188 g/mol. The van der Waals surface area contributed by atoms with E-state index >= 15 is 0 Å². The summed E-state index contributed by atoms with van der Waals surface area (Å²) in [7, 11) is 3.73. The smallest absolute Gasteiger partial charge is 0.120 e. The Labute approximate surface area is 85.4 Å². The van der Waals surface area contributed by atoms with Crippen LogP contribution in [0.4, 0.5) is 0 Å². The predicted octanol–water partition coefficient (Wildman–Crippen LogP) is 2.55. The van der Waals surface area contributed by atoms with Gasteiger partial charge in [-0.25, -0.2) is 0 Å². The quantitative estimate of drug-likeness (QED) is 0.560. The SMILES string of the molecule is Cc1ccccc1/C=C/C(=N)N(C)C. The maximum Gasteiger partial charge on any atom is 0.120 e. The van der Waals surface area contributed by atoms with Crippen molar-refractivity contribution < 1.29 is 0 Å². The number of aryl methyl sites for hydroxylation is 1. The van der Waals surface area contributed by atoms with Crippen molar-refractivity contribution in [2.75, 3.05) is 14.1 Å². The number of rotatable bonds is 2. The fourth-order valence-electron chi connectivity index (χ4n) is 1.09. The maximum atomic E-state index is 7.60. The zero-order chi connectivity index (χ0) is 10.6. The van der Waals surface area contributed by atoms with Gasteiger partial charge in [0, 0.05) is 14.1 Å². The highest BCUT2D eigenvalue weighted by molar-refractivity contribution is 5.93. The molecule has 0 aliphatic rings. The van der Waals surface area contributed by atoms with Crippen LogP contribution < -0.4 is 0 Å². The zero-order valence-electron chi connectivity index (χ0n) is 8.91. The first kappa shape index (κ1) is 10.5. The topological polar surface area (TPSA) is 27.1 Å². The Morgan fingerprint density at radius 2 is 1.93 bits per heavy atom. The molecule has 0 amide bonds. The molecular weight excluding hydrogens is 172 g/mol. The molecule has 2 nitrogen and oxygen atoms in total. The molecule has 0 aliphatic heterocycles. The third-order valence-corrected chi connectivity index (χ3v) is 2.09. The lowest BCUT2D eigenvalue weighted by Gasteiger charge is -2.09. The fraction of sp³-hybridized carbons (Fsp3) is 0.250. The number of nitrogens with zero attached hydrogens (tertiary/aromatic N) is 1. The van der Waals surface area contributed by atoms with Crippen LogP contribution in [-0.2, 0) is 0 Å². The highest BCUT2D eigenvalue weighted by Crippen LogP contribution is 2.08. The number of likely N-dealkylation sites (N-methyl/N-ethyl adjacent to an activating group) is 1. The summed E-state index contributed by atoms with van der Waals surface area (Å²) in [5.74, 6) is 0.508. The summed E-state index contributed by atoms with van der Waals surface area (Å²) in [6.45, 7) is 2.07. The molecule has 14 heavy (non-hydrogen) atoms. The third-order valence-electron chi connectivity index (χ3n) is 2.09. The summed E-state index contributed by atoms with van der Waals surface area (Å²) in [5.41, 5.74) is 2.40. The third kappa shape index (κ3) is 2.73. The van der Waals surface area contributed by atoms with Crippen LogP contribution in [0.5, 0.6) is 0 Å². The maximum absolute atomic E-state index is 7.60. The van der Waals surface area contributed by atoms with Crippen molar-refractivity contribution in [2.24, 2.45) is 0 Å². The molecule has 2 heteroatoms. The standard InChI is InChI=1S/C12H16N2/c1-10-6-4-5-7-11(10)8-9-12(13)14(2)3/h4-9,13H,1-3H3/b9-8+,13-12?. The van der Waals surface area contributed by atoms with Crippen LogP contribution in [0.3, 0.4) is 0 Å². The van der Waals surface area contributed by atoms with Crippen molar-refractivity contribution in [3.8, 4) is 0 Å². The van der Waals surface area contributed by atoms with E-state index in [0.717, 1.165) is 0 Å². The normalized spacial score (nSPS) is 10.5. The van der Waals surface area contributed by atoms with Crippen molar-refractivity contribution in [2.45, 2.75) is 6.92 Å². The van der Waals surface area contributed by atoms with Gasteiger partial charge < -0.3 is 4.90 Å². The average molecular weight is 188 g/mol. The molecule has 74 valence electrons. The molecular formula is C12H16N2. The van der Waals surface area contributed by atoms with Crippen LogP contribution in [0.25, 0.3) is 6.08 Å². The summed E-state index contributed by atoms with van der Waals surface area (Å²) in [6, 6.07) is 8.14. The zero-order valence-corrected chi connectivity index (χ0v) is 8.91. The largest absolute Gasteiger partial charge is 0.363 e. The first-order chi connectivity index (χ1) is 6.61. The van der Waals surface area contributed by atoms with Crippen molar-refractivity contribution in [3.05, 3.63) is 41.5 Å². The Kier molecular flexibility index (Phi) is 3.46. The van der Waals surface area contributed by atoms with Gasteiger partial charge in [0.15, 0.2) is 0 Å². The number of hydrogen-bond acceptors (Lipinski definition) is 1. The Morgan fingerprint density at radius 3 is 2.50 bits per heavy atom. The van der Waals surface area contributed by atoms with E-state index in [4.69, 9.17) is 5.41 Å². The predicted molar refractivity (Wildman–Crippen MR) is 61.6 cm³/mol. The molecule has 0 aliphatic carbocycles. The second-order valence-corrected chi connectivity index (χ2v) is 3.47. The van der Waals surface area contributed by atoms with Crippen LogP contribution in [0, 0.1) is 12.3 Å². The first-order valence-corrected chi connectivity index (χ1v) is 4.61. The van der Waals surface area contributed by atoms with Crippen LogP contribution in [0.1, 0.15) is 11.1 Å². The highest BCUT2D eigenvalue weighted by Gasteiger charge is 1.94. The molecule has 0 fully saturated rings. The molecule has 1 aromatic rings. The van der Waals surface area contributed by atoms with E-state index in [2.05, 4.69) is 19.1 Å². The van der Waals surface area contributed by atoms with Gasteiger partial charge in [0.1, 0.15) is 5.84 Å². The van der Waals surface area contributed by atoms with Crippen LogP contribution in [0.2, 0.25) is 0 Å². The van der Waals surface area contributed by atoms with Crippen molar-refractivity contribution >= 4 is 11.9 Å². The number of hydrogen-bond donors (Lipinski definition) is 1. The van der Waals surface area contributed by atoms with Crippen molar-refractivity contribution in [3.63, 3.8) is 0 Å². The van der Waals surface area contributed by atoms with E-state index < -0.39 is 0 Å². The Morgan fingerprint density at radius 1 is 1.29 bits per heavy atom. The second kappa shape index (κ2) is 4.61. The van der Waals surface area contributed by atoms with E-state index in [1.54, 1.807) is 4.90 Å². The summed E-state index contributed by atoms with van der Waals surface area (Å²) >= 11 is 0. The molecule has 0 bridgehead atoms. The minimum atomic E-state index is 0.508. The van der Waals surface area contributed by atoms with Gasteiger partial charge in [-0.15, -0.1) is 0 Å². The Balaban J connectivity index is 2.79. The lowest BCUT2D eigenvalue weighted by molar-refractivity contribution is 0.622. The van der Waals surface area contributed by atoms with Crippen LogP contribution >= 0.6 is 0 Å². The van der Waals surface area contributed by atoms with Gasteiger partial charge in [-0.05, 0) is 24.1 Å². The van der Waals surface area contributed by atoms with Gasteiger partial charge in [-0.3, -0.25) is 5.41 Å². The number of benzene rings is 1. The average Bonchev–Trinajstić information content (AvgIpc) is 2.16. The van der Waals surface area contributed by atoms with Gasteiger partial charge in [-0.2, -0.15) is 0 Å². The Bertz CT molecular complexity index is 351. The van der Waals surface area contributed by atoms with Crippen LogP contribution in [-0.4, -0.2) is 24.8 Å². The molecule has 0 aromatic heterocycles. The minimum Gasteiger partial charge on any atom is -0.363 e. The molecule has 0 unspecified atom stereocenters. The van der Waals surface area contributed by atoms with Gasteiger partial charge in [0.25, 0.3) is 0 Å². The molecule has 0 spiro atoms. The van der Waals surface area contributed by atoms with Gasteiger partial charge in [0.2, 0.25) is 0 Å². The number of amidine groups is 1.